The first-order chi connectivity index (χ1) is 8.72. The number of carbonyl (C=O) groups excluding carboxylic acids is 1. The van der Waals surface area contributed by atoms with Gasteiger partial charge in [0.05, 0.1) is 13.5 Å². The monoisotopic (exact) mass is 241 g/mol. The summed E-state index contributed by atoms with van der Waals surface area (Å²) < 4.78 is 5.30. The van der Waals surface area contributed by atoms with Crippen LogP contribution in [0.15, 0.2) is 48.5 Å². The molecule has 0 aliphatic rings. The van der Waals surface area contributed by atoms with Crippen LogP contribution in [-0.4, -0.2) is 13.0 Å². The maximum atomic E-state index is 11.2. The van der Waals surface area contributed by atoms with Gasteiger partial charge in [0.15, 0.2) is 0 Å². The van der Waals surface area contributed by atoms with E-state index >= 15 is 0 Å². The van der Waals surface area contributed by atoms with E-state index in [1.165, 1.54) is 0 Å². The molecule has 2 aromatic carbocycles. The molecule has 2 aromatic rings. The number of amides is 1. The smallest absolute Gasteiger partial charge is 0.222 e. The maximum absolute atomic E-state index is 11.2. The van der Waals surface area contributed by atoms with Crippen LogP contribution in [0.4, 0.5) is 0 Å². The number of rotatable bonds is 4. The van der Waals surface area contributed by atoms with Gasteiger partial charge in [-0.25, -0.2) is 0 Å². The van der Waals surface area contributed by atoms with Gasteiger partial charge in [-0.05, 0) is 17.2 Å². The molecule has 0 unspecified atom stereocenters. The van der Waals surface area contributed by atoms with Gasteiger partial charge in [-0.2, -0.15) is 0 Å². The van der Waals surface area contributed by atoms with E-state index in [1.807, 2.05) is 48.5 Å². The van der Waals surface area contributed by atoms with Crippen LogP contribution >= 0.6 is 0 Å². The number of methoxy groups -OCH3 is 1. The minimum absolute atomic E-state index is 0.175. The Labute approximate surface area is 106 Å². The van der Waals surface area contributed by atoms with E-state index in [-0.39, 0.29) is 12.3 Å². The second-order valence-electron chi connectivity index (χ2n) is 4.00. The van der Waals surface area contributed by atoms with Crippen molar-refractivity contribution in [2.75, 3.05) is 7.11 Å². The quantitative estimate of drug-likeness (QED) is 0.893. The van der Waals surface area contributed by atoms with Crippen molar-refractivity contribution in [3.05, 3.63) is 54.1 Å². The van der Waals surface area contributed by atoms with Gasteiger partial charge < -0.3 is 10.5 Å². The first-order valence-corrected chi connectivity index (χ1v) is 5.72. The molecule has 0 atom stereocenters. The van der Waals surface area contributed by atoms with E-state index in [0.717, 1.165) is 16.7 Å². The van der Waals surface area contributed by atoms with E-state index in [9.17, 15) is 4.79 Å². The number of carbonyl (C=O) groups is 1. The molecule has 3 heteroatoms. The van der Waals surface area contributed by atoms with Crippen molar-refractivity contribution in [2.45, 2.75) is 6.42 Å². The summed E-state index contributed by atoms with van der Waals surface area (Å²) in [6.07, 6.45) is 0.175. The second-order valence-corrected chi connectivity index (χ2v) is 4.00. The number of ether oxygens (including phenoxy) is 1. The van der Waals surface area contributed by atoms with Crippen LogP contribution in [0.2, 0.25) is 0 Å². The van der Waals surface area contributed by atoms with Crippen LogP contribution in [0.25, 0.3) is 11.1 Å². The summed E-state index contributed by atoms with van der Waals surface area (Å²) in [5, 5.41) is 0. The van der Waals surface area contributed by atoms with Crippen molar-refractivity contribution in [1.82, 2.24) is 0 Å². The second kappa shape index (κ2) is 5.36. The topological polar surface area (TPSA) is 52.3 Å². The summed E-state index contributed by atoms with van der Waals surface area (Å²) in [5.41, 5.74) is 8.16. The lowest BCUT2D eigenvalue weighted by molar-refractivity contribution is -0.117. The van der Waals surface area contributed by atoms with E-state index in [1.54, 1.807) is 7.11 Å². The van der Waals surface area contributed by atoms with Crippen LogP contribution in [0.1, 0.15) is 5.56 Å². The first kappa shape index (κ1) is 12.2. The van der Waals surface area contributed by atoms with Gasteiger partial charge in [-0.15, -0.1) is 0 Å². The fourth-order valence-corrected chi connectivity index (χ4v) is 2.00. The highest BCUT2D eigenvalue weighted by molar-refractivity contribution is 5.82. The maximum Gasteiger partial charge on any atom is 0.222 e. The van der Waals surface area contributed by atoms with Crippen LogP contribution in [0.3, 0.4) is 0 Å². The predicted octanol–water partition coefficient (Wildman–Crippen LogP) is 2.39. The van der Waals surface area contributed by atoms with Crippen molar-refractivity contribution in [1.29, 1.82) is 0 Å². The summed E-state index contributed by atoms with van der Waals surface area (Å²) in [6.45, 7) is 0. The minimum Gasteiger partial charge on any atom is -0.496 e. The normalized spacial score (nSPS) is 10.1. The Morgan fingerprint density at radius 3 is 2.44 bits per heavy atom. The molecule has 0 saturated heterocycles. The number of nitrogens with two attached hydrogens (primary N) is 1. The molecule has 0 fully saturated rings. The highest BCUT2D eigenvalue weighted by Gasteiger charge is 2.12. The van der Waals surface area contributed by atoms with Crippen molar-refractivity contribution in [2.24, 2.45) is 5.73 Å². The van der Waals surface area contributed by atoms with Gasteiger partial charge in [0.1, 0.15) is 5.75 Å². The molecule has 1 amide bonds. The van der Waals surface area contributed by atoms with Crippen molar-refractivity contribution >= 4 is 5.91 Å². The fraction of sp³-hybridized carbons (Fsp3) is 0.133. The Morgan fingerprint density at radius 1 is 1.11 bits per heavy atom. The van der Waals surface area contributed by atoms with E-state index in [2.05, 4.69) is 0 Å². The van der Waals surface area contributed by atoms with Crippen molar-refractivity contribution in [3.63, 3.8) is 0 Å². The molecule has 0 bridgehead atoms. The molecule has 0 heterocycles. The third kappa shape index (κ3) is 2.51. The molecule has 0 aliphatic heterocycles. The van der Waals surface area contributed by atoms with Crippen molar-refractivity contribution in [3.8, 4) is 16.9 Å². The van der Waals surface area contributed by atoms with Crippen molar-refractivity contribution < 1.29 is 9.53 Å². The molecule has 0 saturated carbocycles. The van der Waals surface area contributed by atoms with Gasteiger partial charge >= 0.3 is 0 Å². The zero-order chi connectivity index (χ0) is 13.0. The lowest BCUT2D eigenvalue weighted by atomic mass is 9.96. The molecule has 2 rings (SSSR count). The lowest BCUT2D eigenvalue weighted by Crippen LogP contribution is -2.15. The Bertz CT molecular complexity index is 550. The molecular formula is C15H15NO2. The summed E-state index contributed by atoms with van der Waals surface area (Å²) in [7, 11) is 1.59. The van der Waals surface area contributed by atoms with E-state index in [4.69, 9.17) is 10.5 Å². The van der Waals surface area contributed by atoms with Gasteiger partial charge in [0.25, 0.3) is 0 Å². The average Bonchev–Trinajstić information content (AvgIpc) is 2.39. The minimum atomic E-state index is -0.364. The molecule has 3 nitrogen and oxygen atoms in total. The molecule has 0 aromatic heterocycles. The number of benzene rings is 2. The molecule has 2 N–H and O–H groups in total. The van der Waals surface area contributed by atoms with Gasteiger partial charge in [-0.3, -0.25) is 4.79 Å². The zero-order valence-corrected chi connectivity index (χ0v) is 10.2. The van der Waals surface area contributed by atoms with Crippen LogP contribution in [0, 0.1) is 0 Å². The summed E-state index contributed by atoms with van der Waals surface area (Å²) in [5.74, 6) is 0.326. The average molecular weight is 241 g/mol. The Morgan fingerprint density at radius 2 is 1.83 bits per heavy atom. The lowest BCUT2D eigenvalue weighted by Gasteiger charge is -2.12. The zero-order valence-electron chi connectivity index (χ0n) is 10.2. The van der Waals surface area contributed by atoms with Gasteiger partial charge in [0.2, 0.25) is 5.91 Å². The SMILES string of the molecule is COc1cccc(-c2ccccc2)c1CC(N)=O. The predicted molar refractivity (Wildman–Crippen MR) is 71.3 cm³/mol. The summed E-state index contributed by atoms with van der Waals surface area (Å²) >= 11 is 0. The molecule has 0 radical (unpaired) electrons. The van der Waals surface area contributed by atoms with Gasteiger partial charge in [0, 0.05) is 5.56 Å². The number of primary amides is 1. The number of hydrogen-bond donors (Lipinski definition) is 1. The molecule has 0 aliphatic carbocycles. The third-order valence-electron chi connectivity index (χ3n) is 2.79. The Balaban J connectivity index is 2.56. The Hall–Kier alpha value is -2.29. The van der Waals surface area contributed by atoms with E-state index in [0.29, 0.717) is 5.75 Å². The highest BCUT2D eigenvalue weighted by Crippen LogP contribution is 2.30. The summed E-state index contributed by atoms with van der Waals surface area (Å²) in [6, 6.07) is 15.6. The Kier molecular flexibility index (Phi) is 3.63. The molecule has 18 heavy (non-hydrogen) atoms. The molecule has 0 spiro atoms. The van der Waals surface area contributed by atoms with Gasteiger partial charge in [-0.1, -0.05) is 42.5 Å². The first-order valence-electron chi connectivity index (χ1n) is 5.72. The molecule has 92 valence electrons. The third-order valence-corrected chi connectivity index (χ3v) is 2.79. The van der Waals surface area contributed by atoms with Crippen LogP contribution in [0.5, 0.6) is 5.75 Å². The molecular weight excluding hydrogens is 226 g/mol. The highest BCUT2D eigenvalue weighted by atomic mass is 16.5. The number of hydrogen-bond acceptors (Lipinski definition) is 2. The summed E-state index contributed by atoms with van der Waals surface area (Å²) in [4.78, 5) is 11.2. The fourth-order valence-electron chi connectivity index (χ4n) is 2.00. The largest absolute Gasteiger partial charge is 0.496 e. The van der Waals surface area contributed by atoms with Crippen LogP contribution < -0.4 is 10.5 Å². The standard InChI is InChI=1S/C15H15NO2/c1-18-14-9-5-8-12(13(14)10-15(16)17)11-6-3-2-4-7-11/h2-9H,10H2,1H3,(H2,16,17). The van der Waals surface area contributed by atoms with Crippen LogP contribution in [-0.2, 0) is 11.2 Å². The van der Waals surface area contributed by atoms with E-state index < -0.39 is 0 Å².